The van der Waals surface area contributed by atoms with Crippen LogP contribution in [0.2, 0.25) is 0 Å². The van der Waals surface area contributed by atoms with Gasteiger partial charge in [-0.25, -0.2) is 0 Å². The topological polar surface area (TPSA) is 59.6 Å². The van der Waals surface area contributed by atoms with E-state index < -0.39 is 0 Å². The number of nitrogen functional groups attached to an aromatic ring is 1. The number of hydrogen-bond acceptors (Lipinski definition) is 3. The van der Waals surface area contributed by atoms with Gasteiger partial charge in [-0.15, -0.1) is 6.58 Å². The van der Waals surface area contributed by atoms with Crippen LogP contribution in [-0.4, -0.2) is 18.5 Å². The van der Waals surface area contributed by atoms with E-state index in [0.717, 1.165) is 23.7 Å². The van der Waals surface area contributed by atoms with Crippen molar-refractivity contribution in [3.05, 3.63) is 30.9 Å². The quantitative estimate of drug-likeness (QED) is 0.620. The number of anilines is 2. The van der Waals surface area contributed by atoms with Gasteiger partial charge in [-0.1, -0.05) is 13.0 Å². The number of nitrogens with two attached hydrogens (primary N) is 1. The second-order valence-corrected chi connectivity index (χ2v) is 3.91. The predicted molar refractivity (Wildman–Crippen MR) is 71.7 cm³/mol. The lowest BCUT2D eigenvalue weighted by atomic mass is 10.1. The van der Waals surface area contributed by atoms with Crippen molar-refractivity contribution in [3.8, 4) is 5.75 Å². The first-order valence-corrected chi connectivity index (χ1v) is 5.73. The number of benzene rings is 1. The molecule has 2 rings (SSSR count). The molecule has 1 heterocycles. The Kier molecular flexibility index (Phi) is 3.32. The zero-order chi connectivity index (χ0) is 12.3. The molecule has 4 nitrogen and oxygen atoms in total. The Morgan fingerprint density at radius 1 is 1.59 bits per heavy atom. The fourth-order valence-corrected chi connectivity index (χ4v) is 1.76. The summed E-state index contributed by atoms with van der Waals surface area (Å²) in [5, 5.41) is 3.27. The molecule has 0 aliphatic carbocycles. The number of ether oxygens (including phenoxy) is 1. The average molecular weight is 231 g/mol. The molecule has 3 N–H and O–H groups in total. The van der Waals surface area contributed by atoms with Crippen molar-refractivity contribution in [2.45, 2.75) is 19.4 Å². The Labute approximate surface area is 101 Å². The van der Waals surface area contributed by atoms with Crippen molar-refractivity contribution in [3.63, 3.8) is 0 Å². The zero-order valence-corrected chi connectivity index (χ0v) is 9.94. The Morgan fingerprint density at radius 2 is 2.41 bits per heavy atom. The number of aliphatic imine (C=N–C) groups is 1. The van der Waals surface area contributed by atoms with Crippen molar-refractivity contribution >= 4 is 17.2 Å². The molecule has 1 aliphatic heterocycles. The fourth-order valence-electron chi connectivity index (χ4n) is 1.76. The van der Waals surface area contributed by atoms with Crippen molar-refractivity contribution in [1.29, 1.82) is 0 Å². The lowest BCUT2D eigenvalue weighted by Gasteiger charge is -2.28. The Morgan fingerprint density at radius 3 is 3.12 bits per heavy atom. The van der Waals surface area contributed by atoms with Gasteiger partial charge in [-0.05, 0) is 24.6 Å². The van der Waals surface area contributed by atoms with Gasteiger partial charge in [0.15, 0.2) is 6.10 Å². The average Bonchev–Trinajstić information content (AvgIpc) is 2.35. The van der Waals surface area contributed by atoms with E-state index in [9.17, 15) is 0 Å². The highest BCUT2D eigenvalue weighted by Gasteiger charge is 2.23. The van der Waals surface area contributed by atoms with Gasteiger partial charge in [0.25, 0.3) is 0 Å². The van der Waals surface area contributed by atoms with Crippen LogP contribution in [0.15, 0.2) is 35.8 Å². The van der Waals surface area contributed by atoms with Crippen molar-refractivity contribution < 1.29 is 4.74 Å². The third kappa shape index (κ3) is 2.41. The van der Waals surface area contributed by atoms with Gasteiger partial charge in [0, 0.05) is 5.69 Å². The molecule has 1 aromatic carbocycles. The molecule has 1 unspecified atom stereocenters. The number of hydrogen-bond donors (Lipinski definition) is 2. The number of amidine groups is 1. The van der Waals surface area contributed by atoms with Crippen LogP contribution < -0.4 is 15.8 Å². The summed E-state index contributed by atoms with van der Waals surface area (Å²) in [7, 11) is 0. The lowest BCUT2D eigenvalue weighted by molar-refractivity contribution is 0.258. The molecule has 1 aliphatic rings. The summed E-state index contributed by atoms with van der Waals surface area (Å²) in [5.41, 5.74) is 7.32. The minimum absolute atomic E-state index is 0.0222. The summed E-state index contributed by atoms with van der Waals surface area (Å²) in [6, 6.07) is 5.56. The maximum absolute atomic E-state index is 5.86. The molecule has 4 heteroatoms. The molecule has 0 amide bonds. The van der Waals surface area contributed by atoms with Crippen LogP contribution in [0, 0.1) is 0 Å². The van der Waals surface area contributed by atoms with E-state index >= 15 is 0 Å². The second kappa shape index (κ2) is 4.91. The van der Waals surface area contributed by atoms with Gasteiger partial charge in [0.2, 0.25) is 0 Å². The second-order valence-electron chi connectivity index (χ2n) is 3.91. The Balaban J connectivity index is 2.30. The zero-order valence-electron chi connectivity index (χ0n) is 9.94. The lowest BCUT2D eigenvalue weighted by Crippen LogP contribution is -2.36. The molecule has 0 fully saturated rings. The maximum Gasteiger partial charge on any atom is 0.155 e. The van der Waals surface area contributed by atoms with Crippen LogP contribution in [0.4, 0.5) is 11.4 Å². The first kappa shape index (κ1) is 11.5. The molecule has 0 saturated heterocycles. The summed E-state index contributed by atoms with van der Waals surface area (Å²) >= 11 is 0. The van der Waals surface area contributed by atoms with Crippen molar-refractivity contribution in [2.24, 2.45) is 4.99 Å². The number of nitrogens with one attached hydrogen (secondary N) is 1. The number of nitrogens with zero attached hydrogens (tertiary/aromatic N) is 1. The van der Waals surface area contributed by atoms with Crippen LogP contribution in [-0.2, 0) is 0 Å². The Bertz CT molecular complexity index is 454. The molecule has 0 saturated carbocycles. The molecule has 0 aromatic heterocycles. The largest absolute Gasteiger partial charge is 0.480 e. The molecule has 0 radical (unpaired) electrons. The Hall–Kier alpha value is -1.97. The fraction of sp³-hybridized carbons (Fsp3) is 0.308. The van der Waals surface area contributed by atoms with Crippen molar-refractivity contribution in [1.82, 2.24) is 0 Å². The third-order valence-electron chi connectivity index (χ3n) is 2.60. The number of fused-ring (bicyclic) bond motifs is 1. The molecule has 90 valence electrons. The third-order valence-corrected chi connectivity index (χ3v) is 2.60. The van der Waals surface area contributed by atoms with E-state index in [2.05, 4.69) is 23.8 Å². The first-order valence-electron chi connectivity index (χ1n) is 5.73. The minimum Gasteiger partial charge on any atom is -0.480 e. The molecular weight excluding hydrogens is 214 g/mol. The van der Waals surface area contributed by atoms with Gasteiger partial charge in [0.1, 0.15) is 11.6 Å². The standard InChI is InChI=1S/C13H17N3O/c1-3-7-15-13-11(4-2)17-12-6-5-9(14)8-10(12)16-13/h3,5-6,8,11H,1,4,7,14H2,2H3,(H,15,16). The molecule has 1 aromatic rings. The first-order chi connectivity index (χ1) is 8.24. The van der Waals surface area contributed by atoms with Gasteiger partial charge in [-0.2, -0.15) is 0 Å². The van der Waals surface area contributed by atoms with Gasteiger partial charge < -0.3 is 15.8 Å². The number of rotatable bonds is 3. The van der Waals surface area contributed by atoms with E-state index in [0.29, 0.717) is 12.2 Å². The van der Waals surface area contributed by atoms with Crippen LogP contribution in [0.3, 0.4) is 0 Å². The molecular formula is C13H17N3O. The molecule has 0 spiro atoms. The predicted octanol–water partition coefficient (Wildman–Crippen LogP) is 2.44. The van der Waals surface area contributed by atoms with E-state index in [1.165, 1.54) is 0 Å². The maximum atomic E-state index is 5.86. The van der Waals surface area contributed by atoms with Gasteiger partial charge in [0.05, 0.1) is 12.2 Å². The monoisotopic (exact) mass is 231 g/mol. The van der Waals surface area contributed by atoms with E-state index in [1.807, 2.05) is 18.2 Å². The molecule has 1 atom stereocenters. The van der Waals surface area contributed by atoms with Gasteiger partial charge >= 0.3 is 0 Å². The van der Waals surface area contributed by atoms with Crippen LogP contribution in [0.25, 0.3) is 0 Å². The highest BCUT2D eigenvalue weighted by molar-refractivity contribution is 6.02. The summed E-state index contributed by atoms with van der Waals surface area (Å²) in [5.74, 6) is 1.66. The van der Waals surface area contributed by atoms with E-state index in [1.54, 1.807) is 6.08 Å². The van der Waals surface area contributed by atoms with Gasteiger partial charge in [-0.3, -0.25) is 4.99 Å². The van der Waals surface area contributed by atoms with Crippen LogP contribution >= 0.6 is 0 Å². The molecule has 0 bridgehead atoms. The summed E-state index contributed by atoms with van der Waals surface area (Å²) in [6.45, 7) is 6.31. The SMILES string of the molecule is C=CCN=C1Nc2cc(N)ccc2OC1CC. The van der Waals surface area contributed by atoms with Crippen LogP contribution in [0.5, 0.6) is 5.75 Å². The van der Waals surface area contributed by atoms with E-state index in [-0.39, 0.29) is 6.10 Å². The summed E-state index contributed by atoms with van der Waals surface area (Å²) in [4.78, 5) is 4.40. The van der Waals surface area contributed by atoms with E-state index in [4.69, 9.17) is 10.5 Å². The smallest absolute Gasteiger partial charge is 0.155 e. The van der Waals surface area contributed by atoms with Crippen molar-refractivity contribution in [2.75, 3.05) is 17.6 Å². The highest BCUT2D eigenvalue weighted by Crippen LogP contribution is 2.32. The summed E-state index contributed by atoms with van der Waals surface area (Å²) < 4.78 is 5.86. The molecule has 17 heavy (non-hydrogen) atoms. The summed E-state index contributed by atoms with van der Waals surface area (Å²) in [6.07, 6.45) is 2.61. The normalized spacial score (nSPS) is 20.3. The highest BCUT2D eigenvalue weighted by atomic mass is 16.5. The van der Waals surface area contributed by atoms with Crippen LogP contribution in [0.1, 0.15) is 13.3 Å². The minimum atomic E-state index is -0.0222.